The Bertz CT molecular complexity index is 540. The standard InChI is InChI=1S/C15H20N2O4.ClH/c1-9(10-2-4-12-14(6-10)20-8-19-12)17-15(18)13-5-3-11(7-16)21-13;/h2,4,6,9,11,13H,3,5,7-8,16H2,1H3,(H,17,18);1H/t9?,11-,13+;/m1./s1. The summed E-state index contributed by atoms with van der Waals surface area (Å²) < 4.78 is 16.2. The molecule has 3 atom stereocenters. The van der Waals surface area contributed by atoms with E-state index in [1.165, 1.54) is 0 Å². The molecular formula is C15H21ClN2O4. The first-order valence-corrected chi connectivity index (χ1v) is 7.23. The van der Waals surface area contributed by atoms with Gasteiger partial charge in [-0.15, -0.1) is 12.4 Å². The molecule has 22 heavy (non-hydrogen) atoms. The van der Waals surface area contributed by atoms with E-state index in [1.807, 2.05) is 25.1 Å². The number of fused-ring (bicyclic) bond motifs is 1. The molecule has 2 aliphatic rings. The number of amides is 1. The van der Waals surface area contributed by atoms with E-state index in [9.17, 15) is 4.79 Å². The molecule has 1 saturated heterocycles. The fourth-order valence-corrected chi connectivity index (χ4v) is 2.64. The highest BCUT2D eigenvalue weighted by molar-refractivity contribution is 5.85. The van der Waals surface area contributed by atoms with Crippen LogP contribution in [-0.2, 0) is 9.53 Å². The van der Waals surface area contributed by atoms with Crippen molar-refractivity contribution in [1.29, 1.82) is 0 Å². The number of hydrogen-bond acceptors (Lipinski definition) is 5. The van der Waals surface area contributed by atoms with E-state index in [0.29, 0.717) is 12.3 Å². The summed E-state index contributed by atoms with van der Waals surface area (Å²) in [6.45, 7) is 2.64. The van der Waals surface area contributed by atoms with E-state index in [-0.39, 0.29) is 37.3 Å². The topological polar surface area (TPSA) is 82.8 Å². The fourth-order valence-electron chi connectivity index (χ4n) is 2.64. The Morgan fingerprint density at radius 1 is 1.36 bits per heavy atom. The molecule has 3 rings (SSSR count). The Labute approximate surface area is 135 Å². The van der Waals surface area contributed by atoms with Gasteiger partial charge >= 0.3 is 0 Å². The lowest BCUT2D eigenvalue weighted by Crippen LogP contribution is -2.36. The SMILES string of the molecule is CC(NC(=O)[C@@H]1CC[C@H](CN)O1)c1ccc2c(c1)OCO2.Cl. The second kappa shape index (κ2) is 7.17. The lowest BCUT2D eigenvalue weighted by atomic mass is 10.1. The van der Waals surface area contributed by atoms with Crippen LogP contribution in [0, 0.1) is 0 Å². The number of nitrogens with one attached hydrogen (secondary N) is 1. The van der Waals surface area contributed by atoms with Crippen molar-refractivity contribution in [2.75, 3.05) is 13.3 Å². The van der Waals surface area contributed by atoms with Gasteiger partial charge in [-0.1, -0.05) is 6.07 Å². The highest BCUT2D eigenvalue weighted by atomic mass is 35.5. The van der Waals surface area contributed by atoms with E-state index in [4.69, 9.17) is 19.9 Å². The lowest BCUT2D eigenvalue weighted by Gasteiger charge is -2.18. The van der Waals surface area contributed by atoms with E-state index in [1.54, 1.807) is 0 Å². The molecule has 0 radical (unpaired) electrons. The van der Waals surface area contributed by atoms with Gasteiger partial charge < -0.3 is 25.3 Å². The third-order valence-electron chi connectivity index (χ3n) is 3.92. The zero-order chi connectivity index (χ0) is 14.8. The number of rotatable bonds is 4. The zero-order valence-corrected chi connectivity index (χ0v) is 13.2. The predicted molar refractivity (Wildman–Crippen MR) is 83.3 cm³/mol. The van der Waals surface area contributed by atoms with E-state index < -0.39 is 6.10 Å². The number of hydrogen-bond donors (Lipinski definition) is 2. The third-order valence-corrected chi connectivity index (χ3v) is 3.92. The van der Waals surface area contributed by atoms with Crippen molar-refractivity contribution in [3.05, 3.63) is 23.8 Å². The molecule has 0 aliphatic carbocycles. The minimum absolute atomic E-state index is 0. The first kappa shape index (κ1) is 16.9. The van der Waals surface area contributed by atoms with Gasteiger partial charge in [0.1, 0.15) is 6.10 Å². The Kier molecular flexibility index (Phi) is 5.50. The third kappa shape index (κ3) is 3.45. The quantitative estimate of drug-likeness (QED) is 0.875. The highest BCUT2D eigenvalue weighted by Crippen LogP contribution is 2.34. The molecule has 7 heteroatoms. The molecule has 1 fully saturated rings. The molecule has 1 aromatic rings. The average molecular weight is 329 g/mol. The van der Waals surface area contributed by atoms with Gasteiger partial charge in [0.05, 0.1) is 12.1 Å². The number of ether oxygens (including phenoxy) is 3. The first-order valence-electron chi connectivity index (χ1n) is 7.23. The van der Waals surface area contributed by atoms with E-state index >= 15 is 0 Å². The second-order valence-electron chi connectivity index (χ2n) is 5.40. The van der Waals surface area contributed by atoms with Crippen LogP contribution in [0.2, 0.25) is 0 Å². The Balaban J connectivity index is 0.00000176. The van der Waals surface area contributed by atoms with Gasteiger partial charge in [0.25, 0.3) is 0 Å². The smallest absolute Gasteiger partial charge is 0.249 e. The summed E-state index contributed by atoms with van der Waals surface area (Å²) >= 11 is 0. The van der Waals surface area contributed by atoms with Crippen molar-refractivity contribution in [1.82, 2.24) is 5.32 Å². The molecule has 1 amide bonds. The van der Waals surface area contributed by atoms with Crippen molar-refractivity contribution in [3.63, 3.8) is 0 Å². The van der Waals surface area contributed by atoms with E-state index in [2.05, 4.69) is 5.32 Å². The largest absolute Gasteiger partial charge is 0.454 e. The summed E-state index contributed by atoms with van der Waals surface area (Å²) in [7, 11) is 0. The minimum Gasteiger partial charge on any atom is -0.454 e. The monoisotopic (exact) mass is 328 g/mol. The van der Waals surface area contributed by atoms with Crippen LogP contribution in [0.25, 0.3) is 0 Å². The Hall–Kier alpha value is -1.50. The highest BCUT2D eigenvalue weighted by Gasteiger charge is 2.30. The summed E-state index contributed by atoms with van der Waals surface area (Å²) in [6.07, 6.45) is 1.17. The molecule has 2 aliphatic heterocycles. The minimum atomic E-state index is -0.394. The van der Waals surface area contributed by atoms with Crippen LogP contribution in [-0.4, -0.2) is 31.5 Å². The van der Waals surface area contributed by atoms with Crippen molar-refractivity contribution >= 4 is 18.3 Å². The van der Waals surface area contributed by atoms with Crippen LogP contribution in [0.5, 0.6) is 11.5 Å². The van der Waals surface area contributed by atoms with Crippen LogP contribution in [0.15, 0.2) is 18.2 Å². The van der Waals surface area contributed by atoms with E-state index in [0.717, 1.165) is 24.2 Å². The van der Waals surface area contributed by atoms with Gasteiger partial charge in [0, 0.05) is 6.54 Å². The van der Waals surface area contributed by atoms with Gasteiger partial charge in [-0.2, -0.15) is 0 Å². The number of benzene rings is 1. The van der Waals surface area contributed by atoms with Crippen LogP contribution in [0.4, 0.5) is 0 Å². The van der Waals surface area contributed by atoms with Crippen LogP contribution < -0.4 is 20.5 Å². The van der Waals surface area contributed by atoms with Gasteiger partial charge in [-0.25, -0.2) is 0 Å². The summed E-state index contributed by atoms with van der Waals surface area (Å²) in [5.74, 6) is 1.37. The molecule has 2 heterocycles. The van der Waals surface area contributed by atoms with Crippen LogP contribution >= 0.6 is 12.4 Å². The normalized spacial score (nSPS) is 23.7. The average Bonchev–Trinajstić information content (AvgIpc) is 3.15. The number of halogens is 1. The van der Waals surface area contributed by atoms with Crippen LogP contribution in [0.1, 0.15) is 31.4 Å². The molecule has 1 aromatic carbocycles. The predicted octanol–water partition coefficient (Wildman–Crippen LogP) is 1.52. The molecule has 0 saturated carbocycles. The summed E-state index contributed by atoms with van der Waals surface area (Å²) in [5, 5.41) is 2.97. The van der Waals surface area contributed by atoms with Crippen molar-refractivity contribution < 1.29 is 19.0 Å². The fraction of sp³-hybridized carbons (Fsp3) is 0.533. The molecule has 0 aromatic heterocycles. The summed E-state index contributed by atoms with van der Waals surface area (Å²) in [6, 6.07) is 5.56. The maximum Gasteiger partial charge on any atom is 0.249 e. The molecular weight excluding hydrogens is 308 g/mol. The lowest BCUT2D eigenvalue weighted by molar-refractivity contribution is -0.132. The van der Waals surface area contributed by atoms with Gasteiger partial charge in [-0.3, -0.25) is 4.79 Å². The molecule has 0 bridgehead atoms. The molecule has 6 nitrogen and oxygen atoms in total. The maximum atomic E-state index is 12.2. The van der Waals surface area contributed by atoms with Gasteiger partial charge in [-0.05, 0) is 37.5 Å². The van der Waals surface area contributed by atoms with Crippen molar-refractivity contribution in [3.8, 4) is 11.5 Å². The Morgan fingerprint density at radius 2 is 2.14 bits per heavy atom. The van der Waals surface area contributed by atoms with Crippen molar-refractivity contribution in [2.45, 2.75) is 38.0 Å². The molecule has 1 unspecified atom stereocenters. The zero-order valence-electron chi connectivity index (χ0n) is 12.4. The number of carbonyl (C=O) groups is 1. The maximum absolute atomic E-state index is 12.2. The number of nitrogens with two attached hydrogens (primary N) is 1. The molecule has 0 spiro atoms. The number of carbonyl (C=O) groups excluding carboxylic acids is 1. The summed E-state index contributed by atoms with van der Waals surface area (Å²) in [5.41, 5.74) is 6.53. The summed E-state index contributed by atoms with van der Waals surface area (Å²) in [4.78, 5) is 12.2. The van der Waals surface area contributed by atoms with Crippen LogP contribution in [0.3, 0.4) is 0 Å². The second-order valence-corrected chi connectivity index (χ2v) is 5.40. The van der Waals surface area contributed by atoms with Gasteiger partial charge in [0.2, 0.25) is 12.7 Å². The first-order chi connectivity index (χ1) is 10.2. The van der Waals surface area contributed by atoms with Crippen molar-refractivity contribution in [2.24, 2.45) is 5.73 Å². The molecule has 3 N–H and O–H groups in total. The van der Waals surface area contributed by atoms with Gasteiger partial charge in [0.15, 0.2) is 11.5 Å². The molecule has 122 valence electrons. The Morgan fingerprint density at radius 3 is 2.86 bits per heavy atom.